The second-order valence-corrected chi connectivity index (χ2v) is 4.59. The highest BCUT2D eigenvalue weighted by atomic mass is 16.5. The van der Waals surface area contributed by atoms with E-state index in [1.54, 1.807) is 7.11 Å². The molecule has 1 amide bonds. The van der Waals surface area contributed by atoms with Gasteiger partial charge in [-0.2, -0.15) is 0 Å². The van der Waals surface area contributed by atoms with Crippen LogP contribution in [0.15, 0.2) is 0 Å². The molecule has 94 valence electrons. The molecule has 0 N–H and O–H groups in total. The number of methoxy groups -OCH3 is 1. The lowest BCUT2D eigenvalue weighted by Gasteiger charge is -2.31. The molecule has 16 heavy (non-hydrogen) atoms. The van der Waals surface area contributed by atoms with Crippen molar-refractivity contribution in [2.24, 2.45) is 0 Å². The third kappa shape index (κ3) is 3.19. The van der Waals surface area contributed by atoms with Gasteiger partial charge in [0.15, 0.2) is 0 Å². The minimum Gasteiger partial charge on any atom is -0.372 e. The van der Waals surface area contributed by atoms with Crippen molar-refractivity contribution in [3.05, 3.63) is 0 Å². The lowest BCUT2D eigenvalue weighted by molar-refractivity contribution is -0.143. The molecule has 1 aliphatic rings. The van der Waals surface area contributed by atoms with Gasteiger partial charge >= 0.3 is 0 Å². The molecule has 0 aromatic rings. The number of carbonyl (C=O) groups excluding carboxylic acids is 1. The van der Waals surface area contributed by atoms with E-state index in [4.69, 9.17) is 4.74 Å². The zero-order chi connectivity index (χ0) is 12.1. The van der Waals surface area contributed by atoms with Gasteiger partial charge in [0, 0.05) is 26.2 Å². The molecule has 1 saturated heterocycles. The Kier molecular flexibility index (Phi) is 5.22. The molecule has 1 aliphatic heterocycles. The quantitative estimate of drug-likeness (QED) is 0.721. The molecular formula is C12H24N2O2. The average molecular weight is 228 g/mol. The Hall–Kier alpha value is -0.610. The monoisotopic (exact) mass is 228 g/mol. The molecule has 1 heterocycles. The van der Waals surface area contributed by atoms with Gasteiger partial charge in [0.1, 0.15) is 6.10 Å². The number of carbonyl (C=O) groups is 1. The fourth-order valence-electron chi connectivity index (χ4n) is 2.22. The number of likely N-dealkylation sites (N-methyl/N-ethyl adjacent to an activating group) is 1. The van der Waals surface area contributed by atoms with Gasteiger partial charge in [0.2, 0.25) is 0 Å². The molecule has 1 fully saturated rings. The highest BCUT2D eigenvalue weighted by Gasteiger charge is 2.28. The van der Waals surface area contributed by atoms with Crippen LogP contribution in [-0.2, 0) is 9.53 Å². The van der Waals surface area contributed by atoms with Crippen LogP contribution in [0.25, 0.3) is 0 Å². The van der Waals surface area contributed by atoms with Gasteiger partial charge in [0.05, 0.1) is 0 Å². The Morgan fingerprint density at radius 3 is 2.75 bits per heavy atom. The van der Waals surface area contributed by atoms with Crippen LogP contribution in [0.5, 0.6) is 0 Å². The molecule has 0 aromatic carbocycles. The van der Waals surface area contributed by atoms with Crippen molar-refractivity contribution >= 4 is 5.91 Å². The predicted molar refractivity (Wildman–Crippen MR) is 64.4 cm³/mol. The minimum atomic E-state index is -0.322. The maximum absolute atomic E-state index is 12.1. The molecule has 1 rings (SSSR count). The molecule has 2 unspecified atom stereocenters. The predicted octanol–water partition coefficient (Wildman–Crippen LogP) is 0.964. The first-order valence-electron chi connectivity index (χ1n) is 6.12. The summed E-state index contributed by atoms with van der Waals surface area (Å²) in [4.78, 5) is 16.4. The van der Waals surface area contributed by atoms with Crippen LogP contribution >= 0.6 is 0 Å². The van der Waals surface area contributed by atoms with Gasteiger partial charge in [-0.05, 0) is 33.4 Å². The van der Waals surface area contributed by atoms with Crippen LogP contribution in [0, 0.1) is 0 Å². The highest BCUT2D eigenvalue weighted by Crippen LogP contribution is 2.14. The second-order valence-electron chi connectivity index (χ2n) is 4.59. The van der Waals surface area contributed by atoms with E-state index in [0.717, 1.165) is 32.5 Å². The van der Waals surface area contributed by atoms with Crippen LogP contribution in [0.3, 0.4) is 0 Å². The molecule has 0 radical (unpaired) electrons. The molecular weight excluding hydrogens is 204 g/mol. The number of hydrogen-bond acceptors (Lipinski definition) is 3. The Bertz CT molecular complexity index is 233. The normalized spacial score (nSPS) is 25.2. The van der Waals surface area contributed by atoms with Crippen LogP contribution in [-0.4, -0.2) is 61.6 Å². The van der Waals surface area contributed by atoms with Crippen LogP contribution in [0.2, 0.25) is 0 Å². The Morgan fingerprint density at radius 1 is 1.50 bits per heavy atom. The van der Waals surface area contributed by atoms with E-state index in [9.17, 15) is 4.79 Å². The minimum absolute atomic E-state index is 0.129. The van der Waals surface area contributed by atoms with Gasteiger partial charge in [-0.25, -0.2) is 0 Å². The maximum Gasteiger partial charge on any atom is 0.251 e. The summed E-state index contributed by atoms with van der Waals surface area (Å²) in [7, 11) is 3.71. The fraction of sp³-hybridized carbons (Fsp3) is 0.917. The van der Waals surface area contributed by atoms with Crippen molar-refractivity contribution in [2.75, 3.05) is 33.8 Å². The maximum atomic E-state index is 12.1. The zero-order valence-corrected chi connectivity index (χ0v) is 10.9. The van der Waals surface area contributed by atoms with E-state index < -0.39 is 0 Å². The molecule has 2 atom stereocenters. The standard InChI is InChI=1S/C12H24N2O2/c1-5-11-9-13(3)7-6-8-14(11)12(15)10(2)16-4/h10-11H,5-9H2,1-4H3. The average Bonchev–Trinajstić information content (AvgIpc) is 2.48. The summed E-state index contributed by atoms with van der Waals surface area (Å²) in [5.41, 5.74) is 0. The Labute approximate surface area is 98.5 Å². The Balaban J connectivity index is 2.71. The summed E-state index contributed by atoms with van der Waals surface area (Å²) < 4.78 is 5.12. The fourth-order valence-corrected chi connectivity index (χ4v) is 2.22. The van der Waals surface area contributed by atoms with Crippen LogP contribution in [0.4, 0.5) is 0 Å². The van der Waals surface area contributed by atoms with Crippen molar-refractivity contribution in [1.29, 1.82) is 0 Å². The van der Waals surface area contributed by atoms with Crippen molar-refractivity contribution in [2.45, 2.75) is 38.8 Å². The molecule has 4 heteroatoms. The number of rotatable bonds is 3. The molecule has 0 bridgehead atoms. The molecule has 0 spiro atoms. The zero-order valence-electron chi connectivity index (χ0n) is 10.9. The third-order valence-corrected chi connectivity index (χ3v) is 3.36. The first-order valence-corrected chi connectivity index (χ1v) is 6.12. The Morgan fingerprint density at radius 2 is 2.19 bits per heavy atom. The molecule has 0 aliphatic carbocycles. The number of nitrogens with zero attached hydrogens (tertiary/aromatic N) is 2. The van der Waals surface area contributed by atoms with Crippen LogP contribution < -0.4 is 0 Å². The van der Waals surface area contributed by atoms with E-state index in [-0.39, 0.29) is 12.0 Å². The summed E-state index contributed by atoms with van der Waals surface area (Å²) in [5.74, 6) is 0.129. The van der Waals surface area contributed by atoms with Crippen LogP contribution in [0.1, 0.15) is 26.7 Å². The number of amides is 1. The van der Waals surface area contributed by atoms with Crippen molar-refractivity contribution in [1.82, 2.24) is 9.80 Å². The van der Waals surface area contributed by atoms with Gasteiger partial charge in [-0.3, -0.25) is 4.79 Å². The van der Waals surface area contributed by atoms with Gasteiger partial charge in [-0.1, -0.05) is 6.92 Å². The summed E-state index contributed by atoms with van der Waals surface area (Å²) >= 11 is 0. The third-order valence-electron chi connectivity index (χ3n) is 3.36. The number of ether oxygens (including phenoxy) is 1. The van der Waals surface area contributed by atoms with E-state index in [1.807, 2.05) is 11.8 Å². The second kappa shape index (κ2) is 6.21. The van der Waals surface area contributed by atoms with E-state index in [0.29, 0.717) is 6.04 Å². The first kappa shape index (κ1) is 13.5. The molecule has 0 aromatic heterocycles. The molecule has 4 nitrogen and oxygen atoms in total. The van der Waals surface area contributed by atoms with E-state index in [2.05, 4.69) is 18.9 Å². The number of hydrogen-bond donors (Lipinski definition) is 0. The van der Waals surface area contributed by atoms with Gasteiger partial charge in [-0.15, -0.1) is 0 Å². The van der Waals surface area contributed by atoms with Crippen molar-refractivity contribution < 1.29 is 9.53 Å². The topological polar surface area (TPSA) is 32.8 Å². The van der Waals surface area contributed by atoms with E-state index in [1.165, 1.54) is 0 Å². The van der Waals surface area contributed by atoms with Crippen molar-refractivity contribution in [3.63, 3.8) is 0 Å². The largest absolute Gasteiger partial charge is 0.372 e. The first-order chi connectivity index (χ1) is 7.60. The molecule has 0 saturated carbocycles. The summed E-state index contributed by atoms with van der Waals surface area (Å²) in [6.07, 6.45) is 1.74. The summed E-state index contributed by atoms with van der Waals surface area (Å²) in [6, 6.07) is 0.331. The van der Waals surface area contributed by atoms with Gasteiger partial charge < -0.3 is 14.5 Å². The van der Waals surface area contributed by atoms with E-state index >= 15 is 0 Å². The lowest BCUT2D eigenvalue weighted by atomic mass is 10.1. The van der Waals surface area contributed by atoms with Gasteiger partial charge in [0.25, 0.3) is 5.91 Å². The smallest absolute Gasteiger partial charge is 0.251 e. The SMILES string of the molecule is CCC1CN(C)CCCN1C(=O)C(C)OC. The summed E-state index contributed by atoms with van der Waals surface area (Å²) in [6.45, 7) is 6.86. The lowest BCUT2D eigenvalue weighted by Crippen LogP contribution is -2.47. The highest BCUT2D eigenvalue weighted by molar-refractivity contribution is 5.80. The van der Waals surface area contributed by atoms with Crippen molar-refractivity contribution in [3.8, 4) is 0 Å². The summed E-state index contributed by atoms with van der Waals surface area (Å²) in [5, 5.41) is 0.